The van der Waals surface area contributed by atoms with E-state index in [0.29, 0.717) is 31.5 Å². The highest BCUT2D eigenvalue weighted by molar-refractivity contribution is 7.13. The third kappa shape index (κ3) is 3.06. The van der Waals surface area contributed by atoms with E-state index in [2.05, 4.69) is 21.3 Å². The topological polar surface area (TPSA) is 63.7 Å². The maximum Gasteiger partial charge on any atom is 0.230 e. The van der Waals surface area contributed by atoms with Gasteiger partial charge in [0.1, 0.15) is 5.75 Å². The third-order valence-electron chi connectivity index (χ3n) is 6.42. The number of thiazole rings is 1. The molecule has 2 saturated heterocycles. The number of nitrogens with zero attached hydrogens (tertiary/aromatic N) is 2. The Bertz CT molecular complexity index is 850. The van der Waals surface area contributed by atoms with Gasteiger partial charge in [-0.1, -0.05) is 12.1 Å². The summed E-state index contributed by atoms with van der Waals surface area (Å²) in [5, 5.41) is 6.32. The van der Waals surface area contributed by atoms with E-state index < -0.39 is 5.41 Å². The number of rotatable bonds is 6. The summed E-state index contributed by atoms with van der Waals surface area (Å²) in [6.07, 6.45) is 4.88. The van der Waals surface area contributed by atoms with Crippen molar-refractivity contribution in [1.82, 2.24) is 10.3 Å². The molecule has 3 fully saturated rings. The highest BCUT2D eigenvalue weighted by Crippen LogP contribution is 2.42. The fourth-order valence-electron chi connectivity index (χ4n) is 4.79. The summed E-state index contributed by atoms with van der Waals surface area (Å²) in [6.45, 7) is 2.22. The molecule has 0 radical (unpaired) electrons. The van der Waals surface area contributed by atoms with Crippen molar-refractivity contribution in [2.24, 2.45) is 11.3 Å². The van der Waals surface area contributed by atoms with Crippen LogP contribution in [0.25, 0.3) is 0 Å². The quantitative estimate of drug-likeness (QED) is 0.809. The van der Waals surface area contributed by atoms with Gasteiger partial charge < -0.3 is 19.7 Å². The molecule has 0 spiro atoms. The van der Waals surface area contributed by atoms with Gasteiger partial charge in [-0.15, -0.1) is 11.3 Å². The van der Waals surface area contributed by atoms with Crippen LogP contribution in [0.2, 0.25) is 0 Å². The standard InChI is InChI=1S/C21H25N3O3S/c1-26-15-4-2-3-14(9-15)11-21(12-24(13-21)20-22-6-8-28-20)19(25)23-17-10-18-16(17)5-7-27-18/h2-4,6,8-9,16-18H,5,7,10-13H2,1H3,(H,23,25)/t16-,17+,18+/m0/s1. The van der Waals surface area contributed by atoms with Gasteiger partial charge in [0.15, 0.2) is 5.13 Å². The lowest BCUT2D eigenvalue weighted by molar-refractivity contribution is -0.135. The molecule has 2 aromatic rings. The molecular formula is C21H25N3O3S. The number of hydrogen-bond donors (Lipinski definition) is 1. The predicted molar refractivity (Wildman–Crippen MR) is 108 cm³/mol. The van der Waals surface area contributed by atoms with Gasteiger partial charge in [-0.2, -0.15) is 0 Å². The van der Waals surface area contributed by atoms with Gasteiger partial charge in [-0.05, 0) is 37.0 Å². The molecule has 6 nitrogen and oxygen atoms in total. The largest absolute Gasteiger partial charge is 0.497 e. The third-order valence-corrected chi connectivity index (χ3v) is 7.25. The highest BCUT2D eigenvalue weighted by Gasteiger charge is 2.53. The minimum atomic E-state index is -0.428. The fourth-order valence-corrected chi connectivity index (χ4v) is 5.43. The monoisotopic (exact) mass is 399 g/mol. The Balaban J connectivity index is 1.33. The normalized spacial score (nSPS) is 27.5. The number of amides is 1. The van der Waals surface area contributed by atoms with Gasteiger partial charge in [0, 0.05) is 43.2 Å². The summed E-state index contributed by atoms with van der Waals surface area (Å²) in [6, 6.07) is 8.30. The Morgan fingerprint density at radius 3 is 3.11 bits per heavy atom. The van der Waals surface area contributed by atoms with Crippen molar-refractivity contribution in [3.05, 3.63) is 41.4 Å². The smallest absolute Gasteiger partial charge is 0.230 e. The molecule has 3 aliphatic rings. The van der Waals surface area contributed by atoms with Crippen molar-refractivity contribution in [1.29, 1.82) is 0 Å². The summed E-state index contributed by atoms with van der Waals surface area (Å²) in [4.78, 5) is 20.0. The van der Waals surface area contributed by atoms with Gasteiger partial charge in [0.25, 0.3) is 0 Å². The molecule has 0 unspecified atom stereocenters. The molecule has 1 amide bonds. The molecule has 28 heavy (non-hydrogen) atoms. The molecule has 7 heteroatoms. The Hall–Kier alpha value is -2.12. The minimum absolute atomic E-state index is 0.165. The van der Waals surface area contributed by atoms with Gasteiger partial charge >= 0.3 is 0 Å². The molecule has 0 bridgehead atoms. The number of anilines is 1. The molecule has 3 heterocycles. The van der Waals surface area contributed by atoms with Crippen molar-refractivity contribution in [2.75, 3.05) is 31.7 Å². The van der Waals surface area contributed by atoms with Crippen LogP contribution in [0.5, 0.6) is 5.75 Å². The number of nitrogens with one attached hydrogen (secondary N) is 1. The van der Waals surface area contributed by atoms with Crippen LogP contribution < -0.4 is 15.0 Å². The van der Waals surface area contributed by atoms with Crippen LogP contribution in [0, 0.1) is 11.3 Å². The lowest BCUT2D eigenvalue weighted by Gasteiger charge is -2.50. The minimum Gasteiger partial charge on any atom is -0.497 e. The molecule has 1 aliphatic carbocycles. The van der Waals surface area contributed by atoms with E-state index in [1.807, 2.05) is 29.8 Å². The van der Waals surface area contributed by atoms with Crippen LogP contribution in [0.3, 0.4) is 0 Å². The number of aromatic nitrogens is 1. The van der Waals surface area contributed by atoms with E-state index in [1.54, 1.807) is 18.4 Å². The second-order valence-corrected chi connectivity index (χ2v) is 9.03. The summed E-state index contributed by atoms with van der Waals surface area (Å²) in [7, 11) is 1.67. The Morgan fingerprint density at radius 1 is 1.46 bits per heavy atom. The van der Waals surface area contributed by atoms with Gasteiger partial charge in [-0.25, -0.2) is 4.98 Å². The zero-order chi connectivity index (χ0) is 19.1. The lowest BCUT2D eigenvalue weighted by Crippen LogP contribution is -2.67. The summed E-state index contributed by atoms with van der Waals surface area (Å²) < 4.78 is 11.1. The molecule has 3 atom stereocenters. The average Bonchev–Trinajstić information content (AvgIpc) is 3.32. The molecule has 2 aliphatic heterocycles. The summed E-state index contributed by atoms with van der Waals surface area (Å²) in [5.41, 5.74) is 0.701. The number of hydrogen-bond acceptors (Lipinski definition) is 6. The van der Waals surface area contributed by atoms with E-state index in [4.69, 9.17) is 9.47 Å². The first-order valence-electron chi connectivity index (χ1n) is 9.87. The first kappa shape index (κ1) is 17.9. The Kier molecular flexibility index (Phi) is 4.51. The van der Waals surface area contributed by atoms with Crippen LogP contribution in [0.1, 0.15) is 18.4 Å². The SMILES string of the molecule is COc1cccc(CC2(C(=O)N[C@@H]3C[C@H]4OCC[C@@H]34)CN(c3nccs3)C2)c1. The first-order valence-corrected chi connectivity index (χ1v) is 10.7. The predicted octanol–water partition coefficient (Wildman–Crippen LogP) is 2.49. The van der Waals surface area contributed by atoms with E-state index >= 15 is 0 Å². The number of methoxy groups -OCH3 is 1. The fraction of sp³-hybridized carbons (Fsp3) is 0.524. The molecule has 1 aromatic carbocycles. The second kappa shape index (κ2) is 7.04. The van der Waals surface area contributed by atoms with E-state index in [1.165, 1.54) is 0 Å². The zero-order valence-corrected chi connectivity index (χ0v) is 16.8. The van der Waals surface area contributed by atoms with Gasteiger partial charge in [0.05, 0.1) is 18.6 Å². The van der Waals surface area contributed by atoms with Crippen molar-refractivity contribution < 1.29 is 14.3 Å². The molecule has 5 rings (SSSR count). The average molecular weight is 400 g/mol. The van der Waals surface area contributed by atoms with Crippen molar-refractivity contribution in [2.45, 2.75) is 31.4 Å². The number of carbonyl (C=O) groups is 1. The first-order chi connectivity index (χ1) is 13.7. The number of fused-ring (bicyclic) bond motifs is 1. The Morgan fingerprint density at radius 2 is 2.36 bits per heavy atom. The molecule has 148 valence electrons. The summed E-state index contributed by atoms with van der Waals surface area (Å²) >= 11 is 1.62. The molecule has 1 saturated carbocycles. The van der Waals surface area contributed by atoms with Crippen LogP contribution in [-0.2, 0) is 16.0 Å². The van der Waals surface area contributed by atoms with Gasteiger partial charge in [0.2, 0.25) is 5.91 Å². The second-order valence-electron chi connectivity index (χ2n) is 8.16. The van der Waals surface area contributed by atoms with Crippen molar-refractivity contribution in [3.8, 4) is 5.75 Å². The zero-order valence-electron chi connectivity index (χ0n) is 16.0. The molecule has 1 aromatic heterocycles. The number of carbonyl (C=O) groups excluding carboxylic acids is 1. The van der Waals surface area contributed by atoms with E-state index in [9.17, 15) is 4.79 Å². The maximum atomic E-state index is 13.4. The van der Waals surface area contributed by atoms with E-state index in [0.717, 1.165) is 35.9 Å². The number of benzene rings is 1. The van der Waals surface area contributed by atoms with Crippen LogP contribution >= 0.6 is 11.3 Å². The lowest BCUT2D eigenvalue weighted by atomic mass is 9.71. The van der Waals surface area contributed by atoms with Crippen molar-refractivity contribution >= 4 is 22.4 Å². The molecule has 1 N–H and O–H groups in total. The van der Waals surface area contributed by atoms with E-state index in [-0.39, 0.29) is 11.9 Å². The van der Waals surface area contributed by atoms with Crippen LogP contribution in [0.4, 0.5) is 5.13 Å². The van der Waals surface area contributed by atoms with Crippen LogP contribution in [-0.4, -0.2) is 49.8 Å². The van der Waals surface area contributed by atoms with Crippen LogP contribution in [0.15, 0.2) is 35.8 Å². The molecular weight excluding hydrogens is 374 g/mol. The number of ether oxygens (including phenoxy) is 2. The summed E-state index contributed by atoms with van der Waals surface area (Å²) in [5.74, 6) is 1.49. The van der Waals surface area contributed by atoms with Gasteiger partial charge in [-0.3, -0.25) is 4.79 Å². The maximum absolute atomic E-state index is 13.4. The van der Waals surface area contributed by atoms with Crippen molar-refractivity contribution in [3.63, 3.8) is 0 Å². The highest BCUT2D eigenvalue weighted by atomic mass is 32.1. The Labute approximate surface area is 168 Å².